The van der Waals surface area contributed by atoms with Gasteiger partial charge in [0.1, 0.15) is 11.1 Å². The topological polar surface area (TPSA) is 103 Å². The van der Waals surface area contributed by atoms with Gasteiger partial charge in [-0.1, -0.05) is 19.9 Å². The Kier molecular flexibility index (Phi) is 7.38. The molecule has 0 fully saturated rings. The number of nitrogens with one attached hydrogen (secondary N) is 1. The number of hydrogen-bond acceptors (Lipinski definition) is 5. The van der Waals surface area contributed by atoms with Crippen LogP contribution in [0.25, 0.3) is 0 Å². The lowest BCUT2D eigenvalue weighted by Crippen LogP contribution is -2.12. The molecule has 6 nitrogen and oxygen atoms in total. The fourth-order valence-electron chi connectivity index (χ4n) is 2.40. The summed E-state index contributed by atoms with van der Waals surface area (Å²) < 4.78 is 0. The molecule has 140 valence electrons. The van der Waals surface area contributed by atoms with Crippen LogP contribution in [0.4, 0.5) is 5.69 Å². The average Bonchev–Trinajstić information content (AvgIpc) is 2.61. The summed E-state index contributed by atoms with van der Waals surface area (Å²) in [7, 11) is 0. The number of aromatic nitrogens is 1. The van der Waals surface area contributed by atoms with E-state index in [-0.39, 0.29) is 17.9 Å². The summed E-state index contributed by atoms with van der Waals surface area (Å²) in [5.41, 5.74) is 2.00. The van der Waals surface area contributed by atoms with Crippen LogP contribution in [-0.2, 0) is 11.2 Å². The van der Waals surface area contributed by atoms with Crippen LogP contribution in [0.3, 0.4) is 0 Å². The second-order valence-corrected chi connectivity index (χ2v) is 7.48. The molecular formula is C20H21N3O3S. The summed E-state index contributed by atoms with van der Waals surface area (Å²) in [6.45, 7) is 4.22. The van der Waals surface area contributed by atoms with Crippen molar-refractivity contribution in [2.75, 3.05) is 11.1 Å². The second kappa shape index (κ2) is 9.74. The van der Waals surface area contributed by atoms with E-state index in [2.05, 4.69) is 30.2 Å². The number of carbonyl (C=O) groups is 2. The number of nitrogens with zero attached hydrogens (tertiary/aromatic N) is 2. The lowest BCUT2D eigenvalue weighted by atomic mass is 10.1. The van der Waals surface area contributed by atoms with Gasteiger partial charge in [0.15, 0.2) is 0 Å². The number of amides is 1. The number of thioether (sulfide) groups is 1. The van der Waals surface area contributed by atoms with Crippen molar-refractivity contribution in [2.45, 2.75) is 31.7 Å². The van der Waals surface area contributed by atoms with Crippen molar-refractivity contribution in [3.63, 3.8) is 0 Å². The first-order chi connectivity index (χ1) is 12.9. The number of rotatable bonds is 8. The van der Waals surface area contributed by atoms with E-state index in [1.807, 2.05) is 6.07 Å². The van der Waals surface area contributed by atoms with Crippen LogP contribution in [-0.4, -0.2) is 27.7 Å². The number of anilines is 1. The van der Waals surface area contributed by atoms with Crippen LogP contribution in [0, 0.1) is 17.2 Å². The van der Waals surface area contributed by atoms with Gasteiger partial charge in [-0.15, -0.1) is 11.8 Å². The van der Waals surface area contributed by atoms with Crippen molar-refractivity contribution in [2.24, 2.45) is 5.92 Å². The minimum absolute atomic E-state index is 0.118. The monoisotopic (exact) mass is 383 g/mol. The second-order valence-electron chi connectivity index (χ2n) is 6.40. The molecule has 2 aromatic rings. The van der Waals surface area contributed by atoms with E-state index in [4.69, 9.17) is 5.11 Å². The van der Waals surface area contributed by atoms with Gasteiger partial charge in [0.05, 0.1) is 11.1 Å². The van der Waals surface area contributed by atoms with Crippen LogP contribution in [0.5, 0.6) is 0 Å². The molecule has 0 radical (unpaired) electrons. The van der Waals surface area contributed by atoms with E-state index < -0.39 is 5.97 Å². The fourth-order valence-corrected chi connectivity index (χ4v) is 3.33. The Morgan fingerprint density at radius 1 is 1.30 bits per heavy atom. The highest BCUT2D eigenvalue weighted by Crippen LogP contribution is 2.22. The van der Waals surface area contributed by atoms with Crippen molar-refractivity contribution in [1.82, 2.24) is 4.98 Å². The summed E-state index contributed by atoms with van der Waals surface area (Å²) in [5, 5.41) is 21.5. The summed E-state index contributed by atoms with van der Waals surface area (Å²) in [6.07, 6.45) is 1.06. The number of carbonyl (C=O) groups excluding carboxylic acids is 1. The maximum Gasteiger partial charge on any atom is 0.335 e. The first-order valence-corrected chi connectivity index (χ1v) is 9.53. The Bertz CT molecular complexity index is 875. The van der Waals surface area contributed by atoms with E-state index >= 15 is 0 Å². The molecule has 1 heterocycles. The quantitative estimate of drug-likeness (QED) is 0.669. The predicted molar refractivity (Wildman–Crippen MR) is 105 cm³/mol. The van der Waals surface area contributed by atoms with E-state index in [9.17, 15) is 14.9 Å². The molecule has 27 heavy (non-hydrogen) atoms. The Hall–Kier alpha value is -2.85. The van der Waals surface area contributed by atoms with Crippen molar-refractivity contribution in [1.29, 1.82) is 5.26 Å². The maximum atomic E-state index is 12.1. The molecule has 0 saturated heterocycles. The zero-order valence-corrected chi connectivity index (χ0v) is 16.0. The molecule has 0 aliphatic carbocycles. The lowest BCUT2D eigenvalue weighted by Gasteiger charge is -2.09. The third kappa shape index (κ3) is 6.42. The minimum atomic E-state index is -1.04. The normalized spacial score (nSPS) is 10.4. The van der Waals surface area contributed by atoms with Crippen molar-refractivity contribution < 1.29 is 14.7 Å². The third-order valence-electron chi connectivity index (χ3n) is 3.62. The number of nitriles is 1. The number of carboxylic acids is 1. The van der Waals surface area contributed by atoms with Gasteiger partial charge in [0.25, 0.3) is 0 Å². The number of pyridine rings is 1. The SMILES string of the molecule is CC(C)Cc1ccc(C#N)c(SCCC(=O)Nc2cccc(C(=O)O)c2)n1. The van der Waals surface area contributed by atoms with Crippen LogP contribution < -0.4 is 5.32 Å². The molecule has 1 amide bonds. The fraction of sp³-hybridized carbons (Fsp3) is 0.300. The molecule has 0 aliphatic heterocycles. The Balaban J connectivity index is 1.93. The molecule has 0 atom stereocenters. The minimum Gasteiger partial charge on any atom is -0.478 e. The van der Waals surface area contributed by atoms with E-state index in [1.54, 1.807) is 18.2 Å². The molecule has 7 heteroatoms. The number of aromatic carboxylic acids is 1. The Labute approximate surface area is 162 Å². The Morgan fingerprint density at radius 3 is 2.74 bits per heavy atom. The van der Waals surface area contributed by atoms with Gasteiger partial charge >= 0.3 is 5.97 Å². The molecule has 0 saturated carbocycles. The zero-order valence-electron chi connectivity index (χ0n) is 15.2. The van der Waals surface area contributed by atoms with Gasteiger partial charge < -0.3 is 10.4 Å². The first-order valence-electron chi connectivity index (χ1n) is 8.55. The van der Waals surface area contributed by atoms with Gasteiger partial charge in [-0.2, -0.15) is 5.26 Å². The van der Waals surface area contributed by atoms with E-state index in [1.165, 1.54) is 23.9 Å². The highest BCUT2D eigenvalue weighted by Gasteiger charge is 2.10. The standard InChI is InChI=1S/C20H21N3O3S/c1-13(2)10-17-7-6-15(12-21)19(23-17)27-9-8-18(24)22-16-5-3-4-14(11-16)20(25)26/h3-7,11,13H,8-10H2,1-2H3,(H,22,24)(H,25,26). The van der Waals surface area contributed by atoms with Crippen molar-refractivity contribution in [3.8, 4) is 6.07 Å². The molecule has 1 aromatic heterocycles. The maximum absolute atomic E-state index is 12.1. The van der Waals surface area contributed by atoms with E-state index in [0.717, 1.165) is 12.1 Å². The molecule has 0 spiro atoms. The molecule has 2 rings (SSSR count). The summed E-state index contributed by atoms with van der Waals surface area (Å²) in [6, 6.07) is 11.9. The van der Waals surface area contributed by atoms with Crippen LogP contribution in [0.2, 0.25) is 0 Å². The average molecular weight is 383 g/mol. The number of carboxylic acid groups (broad SMARTS) is 1. The van der Waals surface area contributed by atoms with E-state index in [0.29, 0.717) is 27.9 Å². The molecule has 2 N–H and O–H groups in total. The van der Waals surface area contributed by atoms with Gasteiger partial charge in [-0.3, -0.25) is 4.79 Å². The van der Waals surface area contributed by atoms with Gasteiger partial charge in [0, 0.05) is 23.6 Å². The third-order valence-corrected chi connectivity index (χ3v) is 4.61. The Morgan fingerprint density at radius 2 is 2.07 bits per heavy atom. The molecule has 0 unspecified atom stereocenters. The predicted octanol–water partition coefficient (Wildman–Crippen LogP) is 3.97. The van der Waals surface area contributed by atoms with Crippen LogP contribution >= 0.6 is 11.8 Å². The zero-order chi connectivity index (χ0) is 19.8. The molecule has 0 bridgehead atoms. The number of benzene rings is 1. The van der Waals surface area contributed by atoms with Crippen LogP contribution in [0.1, 0.15) is 41.9 Å². The highest BCUT2D eigenvalue weighted by atomic mass is 32.2. The molecule has 1 aromatic carbocycles. The van der Waals surface area contributed by atoms with Crippen LogP contribution in [0.15, 0.2) is 41.4 Å². The molecular weight excluding hydrogens is 362 g/mol. The lowest BCUT2D eigenvalue weighted by molar-refractivity contribution is -0.115. The summed E-state index contributed by atoms with van der Waals surface area (Å²) in [5.74, 6) is -0.326. The smallest absolute Gasteiger partial charge is 0.335 e. The highest BCUT2D eigenvalue weighted by molar-refractivity contribution is 7.99. The van der Waals surface area contributed by atoms with Crippen molar-refractivity contribution in [3.05, 3.63) is 53.2 Å². The molecule has 0 aliphatic rings. The van der Waals surface area contributed by atoms with Gasteiger partial charge in [-0.05, 0) is 42.7 Å². The summed E-state index contributed by atoms with van der Waals surface area (Å²) >= 11 is 1.37. The van der Waals surface area contributed by atoms with Gasteiger partial charge in [0.2, 0.25) is 5.91 Å². The summed E-state index contributed by atoms with van der Waals surface area (Å²) in [4.78, 5) is 27.6. The first kappa shape index (κ1) is 20.5. The largest absolute Gasteiger partial charge is 0.478 e. The van der Waals surface area contributed by atoms with Crippen molar-refractivity contribution >= 4 is 29.3 Å². The van der Waals surface area contributed by atoms with Gasteiger partial charge in [-0.25, -0.2) is 9.78 Å². The number of hydrogen-bond donors (Lipinski definition) is 2.